The maximum absolute atomic E-state index is 13.8. The van der Waals surface area contributed by atoms with Crippen LogP contribution in [0.1, 0.15) is 11.1 Å². The number of likely N-dealkylation sites (N-methyl/N-ethyl adjacent to an activating group) is 1. The van der Waals surface area contributed by atoms with E-state index >= 15 is 0 Å². The minimum Gasteiger partial charge on any atom is -0.480 e. The van der Waals surface area contributed by atoms with Crippen LogP contribution in [0.3, 0.4) is 0 Å². The van der Waals surface area contributed by atoms with Gasteiger partial charge in [-0.05, 0) is 44.0 Å². The number of aliphatic carboxylic acids is 1. The third-order valence-corrected chi connectivity index (χ3v) is 3.40. The number of carboxylic acids is 1. The average Bonchev–Trinajstić information content (AvgIpc) is 2.29. The lowest BCUT2D eigenvalue weighted by molar-refractivity contribution is -0.136. The van der Waals surface area contributed by atoms with Crippen LogP contribution < -0.4 is 0 Å². The molecule has 1 aromatic carbocycles. The van der Waals surface area contributed by atoms with Crippen molar-refractivity contribution in [2.45, 2.75) is 18.7 Å². The molecule has 0 aromatic heterocycles. The second-order valence-electron chi connectivity index (χ2n) is 3.79. The van der Waals surface area contributed by atoms with E-state index in [9.17, 15) is 18.0 Å². The third kappa shape index (κ3) is 2.97. The van der Waals surface area contributed by atoms with Gasteiger partial charge >= 0.3 is 5.97 Å². The number of hydrogen-bond donors (Lipinski definition) is 1. The Morgan fingerprint density at radius 1 is 1.17 bits per heavy atom. The highest BCUT2D eigenvalue weighted by atomic mass is 32.2. The molecule has 0 aliphatic carbocycles. The van der Waals surface area contributed by atoms with E-state index in [0.717, 1.165) is 4.31 Å². The third-order valence-electron chi connectivity index (χ3n) is 2.42. The SMILES string of the molecule is Cc1c(C)c(F)c(SN(C)CC(=O)O)c(F)c1F. The summed E-state index contributed by atoms with van der Waals surface area (Å²) >= 11 is 0.525. The van der Waals surface area contributed by atoms with Crippen LogP contribution in [0, 0.1) is 31.3 Å². The van der Waals surface area contributed by atoms with Gasteiger partial charge in [-0.3, -0.25) is 4.79 Å². The molecule has 0 saturated carbocycles. The van der Waals surface area contributed by atoms with E-state index in [4.69, 9.17) is 5.11 Å². The molecule has 0 bridgehead atoms. The Morgan fingerprint density at radius 3 is 2.17 bits per heavy atom. The fourth-order valence-corrected chi connectivity index (χ4v) is 2.21. The second kappa shape index (κ2) is 5.62. The summed E-state index contributed by atoms with van der Waals surface area (Å²) in [6.45, 7) is 2.21. The van der Waals surface area contributed by atoms with Crippen LogP contribution in [0.4, 0.5) is 13.2 Å². The standard InChI is InChI=1S/C11H12F3NO2S/c1-5-6(2)9(13)11(10(14)8(5)12)18-15(3)4-7(16)17/h4H2,1-3H3,(H,16,17). The van der Waals surface area contributed by atoms with Crippen molar-refractivity contribution in [1.82, 2.24) is 4.31 Å². The maximum Gasteiger partial charge on any atom is 0.318 e. The summed E-state index contributed by atoms with van der Waals surface area (Å²) < 4.78 is 42.0. The molecule has 0 atom stereocenters. The van der Waals surface area contributed by atoms with Crippen LogP contribution in [0.2, 0.25) is 0 Å². The molecule has 0 fully saturated rings. The second-order valence-corrected chi connectivity index (χ2v) is 5.01. The van der Waals surface area contributed by atoms with Gasteiger partial charge in [-0.1, -0.05) is 0 Å². The van der Waals surface area contributed by atoms with Gasteiger partial charge in [0.15, 0.2) is 11.6 Å². The highest BCUT2D eigenvalue weighted by Gasteiger charge is 2.22. The maximum atomic E-state index is 13.8. The molecule has 1 N–H and O–H groups in total. The Bertz CT molecular complexity index is 465. The van der Waals surface area contributed by atoms with Crippen LogP contribution in [0.15, 0.2) is 4.90 Å². The van der Waals surface area contributed by atoms with Gasteiger partial charge in [0.1, 0.15) is 12.4 Å². The molecule has 0 heterocycles. The molecular weight excluding hydrogens is 267 g/mol. The molecule has 1 rings (SSSR count). The highest BCUT2D eigenvalue weighted by molar-refractivity contribution is 7.97. The van der Waals surface area contributed by atoms with Crippen molar-refractivity contribution in [3.8, 4) is 0 Å². The Labute approximate surface area is 107 Å². The number of nitrogens with zero attached hydrogens (tertiary/aromatic N) is 1. The van der Waals surface area contributed by atoms with Crippen LogP contribution in [-0.4, -0.2) is 29.0 Å². The zero-order valence-corrected chi connectivity index (χ0v) is 10.9. The number of hydrogen-bond acceptors (Lipinski definition) is 3. The predicted octanol–water partition coefficient (Wildman–Crippen LogP) is 2.74. The summed E-state index contributed by atoms with van der Waals surface area (Å²) in [5.74, 6) is -4.42. The monoisotopic (exact) mass is 279 g/mol. The summed E-state index contributed by atoms with van der Waals surface area (Å²) in [5.41, 5.74) is -0.0737. The van der Waals surface area contributed by atoms with Gasteiger partial charge in [-0.25, -0.2) is 17.5 Å². The Kier molecular flexibility index (Phi) is 4.64. The largest absolute Gasteiger partial charge is 0.480 e. The quantitative estimate of drug-likeness (QED) is 0.679. The molecule has 0 spiro atoms. The van der Waals surface area contributed by atoms with E-state index in [-0.39, 0.29) is 11.1 Å². The van der Waals surface area contributed by atoms with E-state index in [1.54, 1.807) is 0 Å². The number of carbonyl (C=O) groups is 1. The summed E-state index contributed by atoms with van der Waals surface area (Å²) in [7, 11) is 1.35. The first-order chi connectivity index (χ1) is 8.25. The summed E-state index contributed by atoms with van der Waals surface area (Å²) in [4.78, 5) is 9.91. The van der Waals surface area contributed by atoms with Crippen LogP contribution >= 0.6 is 11.9 Å². The number of benzene rings is 1. The van der Waals surface area contributed by atoms with Crippen molar-refractivity contribution < 1.29 is 23.1 Å². The summed E-state index contributed by atoms with van der Waals surface area (Å²) in [6, 6.07) is 0. The molecule has 0 saturated heterocycles. The lowest BCUT2D eigenvalue weighted by atomic mass is 10.1. The number of rotatable bonds is 4. The topological polar surface area (TPSA) is 40.5 Å². The molecule has 0 amide bonds. The molecule has 0 aliphatic heterocycles. The molecular formula is C11H12F3NO2S. The van der Waals surface area contributed by atoms with Crippen molar-refractivity contribution >= 4 is 17.9 Å². The summed E-state index contributed by atoms with van der Waals surface area (Å²) in [5, 5.41) is 8.54. The van der Waals surface area contributed by atoms with Crippen LogP contribution in [0.5, 0.6) is 0 Å². The smallest absolute Gasteiger partial charge is 0.318 e. The van der Waals surface area contributed by atoms with Gasteiger partial charge in [0.25, 0.3) is 0 Å². The molecule has 7 heteroatoms. The van der Waals surface area contributed by atoms with Crippen molar-refractivity contribution in [3.05, 3.63) is 28.6 Å². The first kappa shape index (κ1) is 14.8. The van der Waals surface area contributed by atoms with Gasteiger partial charge in [0.05, 0.1) is 4.90 Å². The van der Waals surface area contributed by atoms with Gasteiger partial charge < -0.3 is 5.11 Å². The predicted molar refractivity (Wildman–Crippen MR) is 61.9 cm³/mol. The first-order valence-electron chi connectivity index (χ1n) is 5.00. The molecule has 0 aliphatic rings. The van der Waals surface area contributed by atoms with E-state index in [2.05, 4.69) is 0 Å². The Hall–Kier alpha value is -1.21. The van der Waals surface area contributed by atoms with Crippen molar-refractivity contribution in [3.63, 3.8) is 0 Å². The molecule has 18 heavy (non-hydrogen) atoms. The Morgan fingerprint density at radius 2 is 1.67 bits per heavy atom. The van der Waals surface area contributed by atoms with E-state index in [1.807, 2.05) is 0 Å². The van der Waals surface area contributed by atoms with E-state index in [0.29, 0.717) is 11.9 Å². The van der Waals surface area contributed by atoms with Crippen molar-refractivity contribution in [2.75, 3.05) is 13.6 Å². The lowest BCUT2D eigenvalue weighted by Gasteiger charge is -2.16. The van der Waals surface area contributed by atoms with E-state index in [1.165, 1.54) is 20.9 Å². The molecule has 0 radical (unpaired) electrons. The van der Waals surface area contributed by atoms with Gasteiger partial charge in [-0.15, -0.1) is 0 Å². The lowest BCUT2D eigenvalue weighted by Crippen LogP contribution is -2.19. The molecule has 1 aromatic rings. The minimum absolute atomic E-state index is 0.0140. The van der Waals surface area contributed by atoms with Crippen LogP contribution in [-0.2, 0) is 4.79 Å². The average molecular weight is 279 g/mol. The summed E-state index contributed by atoms with van der Waals surface area (Å²) in [6.07, 6.45) is 0. The molecule has 0 unspecified atom stereocenters. The van der Waals surface area contributed by atoms with Crippen molar-refractivity contribution in [1.29, 1.82) is 0 Å². The zero-order chi connectivity index (χ0) is 14.0. The highest BCUT2D eigenvalue weighted by Crippen LogP contribution is 2.32. The normalized spacial score (nSPS) is 11.1. The number of halogens is 3. The fraction of sp³-hybridized carbons (Fsp3) is 0.364. The Balaban J connectivity index is 3.13. The van der Waals surface area contributed by atoms with Gasteiger partial charge in [-0.2, -0.15) is 0 Å². The molecule has 100 valence electrons. The number of carboxylic acid groups (broad SMARTS) is 1. The molecule has 3 nitrogen and oxygen atoms in total. The van der Waals surface area contributed by atoms with Gasteiger partial charge in [0, 0.05) is 0 Å². The van der Waals surface area contributed by atoms with Crippen molar-refractivity contribution in [2.24, 2.45) is 0 Å². The first-order valence-corrected chi connectivity index (χ1v) is 5.77. The zero-order valence-electron chi connectivity index (χ0n) is 10.1. The minimum atomic E-state index is -1.29. The fourth-order valence-electron chi connectivity index (χ4n) is 1.32. The van der Waals surface area contributed by atoms with Crippen LogP contribution in [0.25, 0.3) is 0 Å². The van der Waals surface area contributed by atoms with E-state index < -0.39 is 34.9 Å². The van der Waals surface area contributed by atoms with Gasteiger partial charge in [0.2, 0.25) is 0 Å².